The molecule has 0 heterocycles. The van der Waals surface area contributed by atoms with Gasteiger partial charge in [0.1, 0.15) is 6.04 Å². The van der Waals surface area contributed by atoms with Crippen LogP contribution in [0.25, 0.3) is 0 Å². The lowest BCUT2D eigenvalue weighted by molar-refractivity contribution is -0.141. The molecule has 0 aromatic heterocycles. The number of rotatable bonds is 7. The second kappa shape index (κ2) is 7.93. The Hall–Kier alpha value is -2.37. The molecule has 1 atom stereocenters. The van der Waals surface area contributed by atoms with E-state index in [2.05, 4.69) is 10.6 Å². The number of benzene rings is 1. The van der Waals surface area contributed by atoms with Crippen molar-refractivity contribution in [1.29, 1.82) is 0 Å². The minimum atomic E-state index is -1.07. The zero-order chi connectivity index (χ0) is 15.0. The number of carboxylic acid groups (broad SMARTS) is 1. The Morgan fingerprint density at radius 1 is 1.20 bits per heavy atom. The first kappa shape index (κ1) is 15.7. The molecule has 0 bridgehead atoms. The molecule has 1 rings (SSSR count). The maximum atomic E-state index is 11.7. The monoisotopic (exact) mass is 278 g/mol. The Kier molecular flexibility index (Phi) is 6.22. The van der Waals surface area contributed by atoms with Crippen molar-refractivity contribution in [3.05, 3.63) is 35.9 Å². The highest BCUT2D eigenvalue weighted by atomic mass is 16.4. The summed E-state index contributed by atoms with van der Waals surface area (Å²) >= 11 is 0. The number of amides is 2. The molecule has 0 saturated heterocycles. The molecule has 0 aliphatic heterocycles. The fourth-order valence-electron chi connectivity index (χ4n) is 1.52. The van der Waals surface area contributed by atoms with E-state index in [1.54, 1.807) is 24.3 Å². The average molecular weight is 278 g/mol. The maximum absolute atomic E-state index is 11.7. The number of hydrogen-bond acceptors (Lipinski definition) is 3. The van der Waals surface area contributed by atoms with E-state index in [4.69, 9.17) is 5.11 Å². The zero-order valence-electron chi connectivity index (χ0n) is 11.3. The molecule has 1 aromatic carbocycles. The van der Waals surface area contributed by atoms with Gasteiger partial charge in [-0.05, 0) is 25.5 Å². The lowest BCUT2D eigenvalue weighted by atomic mass is 10.2. The number of carbonyl (C=O) groups is 3. The van der Waals surface area contributed by atoms with Crippen LogP contribution in [-0.4, -0.2) is 35.5 Å². The van der Waals surface area contributed by atoms with Crippen LogP contribution >= 0.6 is 0 Å². The highest BCUT2D eigenvalue weighted by Gasteiger charge is 2.13. The van der Waals surface area contributed by atoms with Gasteiger partial charge in [-0.3, -0.25) is 14.4 Å². The van der Waals surface area contributed by atoms with Crippen LogP contribution in [0.15, 0.2) is 30.3 Å². The largest absolute Gasteiger partial charge is 0.480 e. The van der Waals surface area contributed by atoms with Gasteiger partial charge in [0.25, 0.3) is 5.91 Å². The molecule has 0 saturated carbocycles. The Labute approximate surface area is 117 Å². The van der Waals surface area contributed by atoms with Gasteiger partial charge in [0, 0.05) is 18.5 Å². The highest BCUT2D eigenvalue weighted by molar-refractivity contribution is 5.94. The first-order valence-electron chi connectivity index (χ1n) is 6.36. The minimum Gasteiger partial charge on any atom is -0.480 e. The Bertz CT molecular complexity index is 473. The van der Waals surface area contributed by atoms with Gasteiger partial charge in [-0.1, -0.05) is 18.2 Å². The summed E-state index contributed by atoms with van der Waals surface area (Å²) in [6.07, 6.45) is 0.628. The van der Waals surface area contributed by atoms with Crippen LogP contribution in [0.3, 0.4) is 0 Å². The summed E-state index contributed by atoms with van der Waals surface area (Å²) in [5.41, 5.74) is 0.566. The van der Waals surface area contributed by atoms with E-state index in [0.717, 1.165) is 0 Å². The molecule has 1 unspecified atom stereocenters. The Balaban J connectivity index is 2.20. The maximum Gasteiger partial charge on any atom is 0.325 e. The summed E-state index contributed by atoms with van der Waals surface area (Å²) in [7, 11) is 0. The van der Waals surface area contributed by atoms with Gasteiger partial charge in [0.2, 0.25) is 5.91 Å². The summed E-state index contributed by atoms with van der Waals surface area (Å²) in [5, 5.41) is 13.7. The van der Waals surface area contributed by atoms with Crippen LogP contribution in [0.5, 0.6) is 0 Å². The fourth-order valence-corrected chi connectivity index (χ4v) is 1.52. The average Bonchev–Trinajstić information content (AvgIpc) is 2.44. The van der Waals surface area contributed by atoms with E-state index in [-0.39, 0.29) is 18.2 Å². The van der Waals surface area contributed by atoms with Gasteiger partial charge in [-0.15, -0.1) is 0 Å². The van der Waals surface area contributed by atoms with Crippen molar-refractivity contribution in [2.24, 2.45) is 0 Å². The van der Waals surface area contributed by atoms with Crippen LogP contribution in [0.2, 0.25) is 0 Å². The molecule has 108 valence electrons. The van der Waals surface area contributed by atoms with Crippen molar-refractivity contribution in [2.75, 3.05) is 6.54 Å². The number of aliphatic carboxylic acids is 1. The first-order chi connectivity index (χ1) is 9.50. The van der Waals surface area contributed by atoms with Crippen LogP contribution in [-0.2, 0) is 9.59 Å². The first-order valence-corrected chi connectivity index (χ1v) is 6.36. The van der Waals surface area contributed by atoms with E-state index in [1.165, 1.54) is 6.92 Å². The summed E-state index contributed by atoms with van der Waals surface area (Å²) in [5.74, 6) is -1.60. The Morgan fingerprint density at radius 2 is 1.85 bits per heavy atom. The molecule has 20 heavy (non-hydrogen) atoms. The molecule has 6 nitrogen and oxygen atoms in total. The van der Waals surface area contributed by atoms with Crippen molar-refractivity contribution >= 4 is 17.8 Å². The highest BCUT2D eigenvalue weighted by Crippen LogP contribution is 1.98. The smallest absolute Gasteiger partial charge is 0.325 e. The van der Waals surface area contributed by atoms with Crippen LogP contribution in [0.1, 0.15) is 30.1 Å². The number of carbonyl (C=O) groups excluding carboxylic acids is 2. The predicted octanol–water partition coefficient (Wildman–Crippen LogP) is 0.786. The fraction of sp³-hybridized carbons (Fsp3) is 0.357. The van der Waals surface area contributed by atoms with Crippen molar-refractivity contribution < 1.29 is 19.5 Å². The normalized spacial score (nSPS) is 11.4. The van der Waals surface area contributed by atoms with E-state index in [0.29, 0.717) is 18.5 Å². The SMILES string of the molecule is CC(NC(=O)CCCNC(=O)c1ccccc1)C(=O)O. The summed E-state index contributed by atoms with van der Waals surface area (Å²) in [6, 6.07) is 7.88. The van der Waals surface area contributed by atoms with Gasteiger partial charge < -0.3 is 15.7 Å². The lowest BCUT2D eigenvalue weighted by Crippen LogP contribution is -2.38. The van der Waals surface area contributed by atoms with E-state index in [1.807, 2.05) is 6.07 Å². The summed E-state index contributed by atoms with van der Waals surface area (Å²) < 4.78 is 0. The zero-order valence-corrected chi connectivity index (χ0v) is 11.3. The third kappa shape index (κ3) is 5.51. The molecule has 2 amide bonds. The second-order valence-corrected chi connectivity index (χ2v) is 4.35. The van der Waals surface area contributed by atoms with Gasteiger partial charge in [-0.25, -0.2) is 0 Å². The number of hydrogen-bond donors (Lipinski definition) is 3. The van der Waals surface area contributed by atoms with Crippen molar-refractivity contribution in [2.45, 2.75) is 25.8 Å². The van der Waals surface area contributed by atoms with Crippen LogP contribution in [0.4, 0.5) is 0 Å². The van der Waals surface area contributed by atoms with Gasteiger partial charge in [0.15, 0.2) is 0 Å². The molecule has 0 aliphatic carbocycles. The lowest BCUT2D eigenvalue weighted by Gasteiger charge is -2.09. The van der Waals surface area contributed by atoms with E-state index < -0.39 is 12.0 Å². The summed E-state index contributed by atoms with van der Waals surface area (Å²) in [4.78, 5) is 33.6. The van der Waals surface area contributed by atoms with E-state index in [9.17, 15) is 14.4 Å². The quantitative estimate of drug-likeness (QED) is 0.642. The number of carboxylic acids is 1. The number of nitrogens with one attached hydrogen (secondary N) is 2. The molecule has 0 fully saturated rings. The standard InChI is InChI=1S/C14H18N2O4/c1-10(14(19)20)16-12(17)8-5-9-15-13(18)11-6-3-2-4-7-11/h2-4,6-7,10H,5,8-9H2,1H3,(H,15,18)(H,16,17)(H,19,20). The predicted molar refractivity (Wildman–Crippen MR) is 73.2 cm³/mol. The van der Waals surface area contributed by atoms with Gasteiger partial charge in [0.05, 0.1) is 0 Å². The third-order valence-corrected chi connectivity index (χ3v) is 2.65. The Morgan fingerprint density at radius 3 is 2.45 bits per heavy atom. The van der Waals surface area contributed by atoms with Crippen molar-refractivity contribution in [1.82, 2.24) is 10.6 Å². The molecule has 0 radical (unpaired) electrons. The summed E-state index contributed by atoms with van der Waals surface area (Å²) in [6.45, 7) is 1.76. The molecule has 3 N–H and O–H groups in total. The molecule has 1 aromatic rings. The topological polar surface area (TPSA) is 95.5 Å². The van der Waals surface area contributed by atoms with Crippen LogP contribution in [0, 0.1) is 0 Å². The molecule has 0 spiro atoms. The molecular weight excluding hydrogens is 260 g/mol. The molecule has 6 heteroatoms. The van der Waals surface area contributed by atoms with Crippen molar-refractivity contribution in [3.63, 3.8) is 0 Å². The second-order valence-electron chi connectivity index (χ2n) is 4.35. The van der Waals surface area contributed by atoms with Crippen LogP contribution < -0.4 is 10.6 Å². The molecular formula is C14H18N2O4. The minimum absolute atomic E-state index is 0.173. The van der Waals surface area contributed by atoms with E-state index >= 15 is 0 Å². The van der Waals surface area contributed by atoms with Gasteiger partial charge >= 0.3 is 5.97 Å². The molecule has 0 aliphatic rings. The van der Waals surface area contributed by atoms with Crippen molar-refractivity contribution in [3.8, 4) is 0 Å². The van der Waals surface area contributed by atoms with Gasteiger partial charge in [-0.2, -0.15) is 0 Å². The third-order valence-electron chi connectivity index (χ3n) is 2.65.